The fourth-order valence-electron chi connectivity index (χ4n) is 2.07. The number of hydrogen-bond donors (Lipinski definition) is 1. The Morgan fingerprint density at radius 1 is 1.05 bits per heavy atom. The summed E-state index contributed by atoms with van der Waals surface area (Å²) in [6.45, 7) is 0.494. The van der Waals surface area contributed by atoms with E-state index < -0.39 is 0 Å². The van der Waals surface area contributed by atoms with E-state index in [1.165, 1.54) is 0 Å². The SMILES string of the molecule is COc1ccc(Br)c(COc2ccc3[nH]ccc3c2)c1. The van der Waals surface area contributed by atoms with E-state index in [0.29, 0.717) is 6.61 Å². The molecular formula is C16H14BrNO2. The Labute approximate surface area is 125 Å². The number of fused-ring (bicyclic) bond motifs is 1. The first kappa shape index (κ1) is 13.1. The van der Waals surface area contributed by atoms with Crippen LogP contribution in [0.25, 0.3) is 10.9 Å². The van der Waals surface area contributed by atoms with E-state index in [9.17, 15) is 0 Å². The molecule has 0 radical (unpaired) electrons. The summed E-state index contributed by atoms with van der Waals surface area (Å²) in [5.41, 5.74) is 2.17. The Bertz CT molecular complexity index is 736. The highest BCUT2D eigenvalue weighted by Gasteiger charge is 2.04. The molecule has 0 bridgehead atoms. The average molecular weight is 332 g/mol. The standard InChI is InChI=1S/C16H14BrNO2/c1-19-13-2-4-15(17)12(9-13)10-20-14-3-5-16-11(8-14)6-7-18-16/h2-9,18H,10H2,1H3. The summed E-state index contributed by atoms with van der Waals surface area (Å²) < 4.78 is 12.1. The van der Waals surface area contributed by atoms with Gasteiger partial charge in [0.05, 0.1) is 7.11 Å². The van der Waals surface area contributed by atoms with Gasteiger partial charge >= 0.3 is 0 Å². The van der Waals surface area contributed by atoms with Crippen molar-refractivity contribution in [1.82, 2.24) is 4.98 Å². The van der Waals surface area contributed by atoms with Crippen LogP contribution in [0.15, 0.2) is 53.1 Å². The Balaban J connectivity index is 1.78. The van der Waals surface area contributed by atoms with Crippen LogP contribution in [0.1, 0.15) is 5.56 Å². The molecule has 102 valence electrons. The van der Waals surface area contributed by atoms with Gasteiger partial charge in [0.25, 0.3) is 0 Å². The van der Waals surface area contributed by atoms with Crippen molar-refractivity contribution in [2.75, 3.05) is 7.11 Å². The van der Waals surface area contributed by atoms with Crippen LogP contribution < -0.4 is 9.47 Å². The number of aromatic amines is 1. The van der Waals surface area contributed by atoms with E-state index in [1.54, 1.807) is 7.11 Å². The number of aromatic nitrogens is 1. The maximum absolute atomic E-state index is 5.85. The predicted octanol–water partition coefficient (Wildman–Crippen LogP) is 4.52. The van der Waals surface area contributed by atoms with E-state index in [4.69, 9.17) is 9.47 Å². The zero-order valence-electron chi connectivity index (χ0n) is 11.0. The van der Waals surface area contributed by atoms with Gasteiger partial charge in [-0.1, -0.05) is 15.9 Å². The lowest BCUT2D eigenvalue weighted by Gasteiger charge is -2.09. The van der Waals surface area contributed by atoms with E-state index in [1.807, 2.05) is 48.7 Å². The summed E-state index contributed by atoms with van der Waals surface area (Å²) in [7, 11) is 1.66. The van der Waals surface area contributed by atoms with Gasteiger partial charge in [0, 0.05) is 27.1 Å². The van der Waals surface area contributed by atoms with Crippen LogP contribution in [0.3, 0.4) is 0 Å². The molecule has 0 atom stereocenters. The third-order valence-electron chi connectivity index (χ3n) is 3.17. The van der Waals surface area contributed by atoms with Crippen LogP contribution >= 0.6 is 15.9 Å². The monoisotopic (exact) mass is 331 g/mol. The fraction of sp³-hybridized carbons (Fsp3) is 0.125. The number of benzene rings is 2. The number of nitrogens with one attached hydrogen (secondary N) is 1. The topological polar surface area (TPSA) is 34.2 Å². The van der Waals surface area contributed by atoms with Crippen molar-refractivity contribution in [2.45, 2.75) is 6.61 Å². The summed E-state index contributed by atoms with van der Waals surface area (Å²) in [4.78, 5) is 3.17. The Morgan fingerprint density at radius 2 is 1.90 bits per heavy atom. The van der Waals surface area contributed by atoms with Crippen molar-refractivity contribution in [3.63, 3.8) is 0 Å². The Morgan fingerprint density at radius 3 is 2.75 bits per heavy atom. The minimum absolute atomic E-state index is 0.494. The molecule has 1 aromatic heterocycles. The Hall–Kier alpha value is -1.94. The summed E-state index contributed by atoms with van der Waals surface area (Å²) in [6, 6.07) is 13.9. The van der Waals surface area contributed by atoms with E-state index >= 15 is 0 Å². The molecule has 0 unspecified atom stereocenters. The number of halogens is 1. The molecule has 0 spiro atoms. The number of H-pyrrole nitrogens is 1. The molecular weight excluding hydrogens is 318 g/mol. The predicted molar refractivity (Wildman–Crippen MR) is 83.3 cm³/mol. The van der Waals surface area contributed by atoms with Crippen molar-refractivity contribution in [1.29, 1.82) is 0 Å². The first-order valence-electron chi connectivity index (χ1n) is 6.28. The van der Waals surface area contributed by atoms with Crippen LogP contribution in [-0.4, -0.2) is 12.1 Å². The molecule has 4 heteroatoms. The molecule has 1 N–H and O–H groups in total. The maximum atomic E-state index is 5.85. The van der Waals surface area contributed by atoms with Crippen LogP contribution in [0.4, 0.5) is 0 Å². The lowest BCUT2D eigenvalue weighted by atomic mass is 10.2. The molecule has 20 heavy (non-hydrogen) atoms. The summed E-state index contributed by atoms with van der Waals surface area (Å²) >= 11 is 3.53. The van der Waals surface area contributed by atoms with Crippen molar-refractivity contribution in [3.05, 3.63) is 58.7 Å². The third-order valence-corrected chi connectivity index (χ3v) is 3.95. The summed E-state index contributed by atoms with van der Waals surface area (Å²) in [6.07, 6.45) is 1.92. The Kier molecular flexibility index (Phi) is 3.65. The quantitative estimate of drug-likeness (QED) is 0.762. The minimum Gasteiger partial charge on any atom is -0.497 e. The second-order valence-electron chi connectivity index (χ2n) is 4.47. The molecule has 0 saturated heterocycles. The molecule has 3 nitrogen and oxygen atoms in total. The molecule has 2 aromatic carbocycles. The number of ether oxygens (including phenoxy) is 2. The van der Waals surface area contributed by atoms with Gasteiger partial charge in [0.2, 0.25) is 0 Å². The van der Waals surface area contributed by atoms with Crippen LogP contribution in [-0.2, 0) is 6.61 Å². The maximum Gasteiger partial charge on any atom is 0.120 e. The molecule has 3 aromatic rings. The van der Waals surface area contributed by atoms with Gasteiger partial charge in [-0.25, -0.2) is 0 Å². The van der Waals surface area contributed by atoms with E-state index in [2.05, 4.69) is 20.9 Å². The number of hydrogen-bond acceptors (Lipinski definition) is 2. The zero-order valence-corrected chi connectivity index (χ0v) is 12.6. The van der Waals surface area contributed by atoms with Gasteiger partial charge in [-0.15, -0.1) is 0 Å². The molecule has 3 rings (SSSR count). The first-order chi connectivity index (χ1) is 9.76. The lowest BCUT2D eigenvalue weighted by molar-refractivity contribution is 0.305. The fourth-order valence-corrected chi connectivity index (χ4v) is 2.43. The minimum atomic E-state index is 0.494. The number of methoxy groups -OCH3 is 1. The van der Waals surface area contributed by atoms with Crippen molar-refractivity contribution in [2.24, 2.45) is 0 Å². The first-order valence-corrected chi connectivity index (χ1v) is 7.08. The molecule has 0 amide bonds. The van der Waals surface area contributed by atoms with Gasteiger partial charge in [-0.2, -0.15) is 0 Å². The smallest absolute Gasteiger partial charge is 0.120 e. The normalized spacial score (nSPS) is 10.7. The summed E-state index contributed by atoms with van der Waals surface area (Å²) in [5.74, 6) is 1.68. The van der Waals surface area contributed by atoms with E-state index in [0.717, 1.165) is 32.4 Å². The molecule has 0 fully saturated rings. The zero-order chi connectivity index (χ0) is 13.9. The van der Waals surface area contributed by atoms with Crippen LogP contribution in [0, 0.1) is 0 Å². The molecule has 1 heterocycles. The lowest BCUT2D eigenvalue weighted by Crippen LogP contribution is -1.97. The highest BCUT2D eigenvalue weighted by molar-refractivity contribution is 9.10. The van der Waals surface area contributed by atoms with Crippen molar-refractivity contribution < 1.29 is 9.47 Å². The van der Waals surface area contributed by atoms with Crippen LogP contribution in [0.5, 0.6) is 11.5 Å². The van der Waals surface area contributed by atoms with Crippen LogP contribution in [0.2, 0.25) is 0 Å². The van der Waals surface area contributed by atoms with Gasteiger partial charge in [-0.3, -0.25) is 0 Å². The number of rotatable bonds is 4. The van der Waals surface area contributed by atoms with E-state index in [-0.39, 0.29) is 0 Å². The summed E-state index contributed by atoms with van der Waals surface area (Å²) in [5, 5.41) is 1.15. The second-order valence-corrected chi connectivity index (χ2v) is 5.33. The highest BCUT2D eigenvalue weighted by Crippen LogP contribution is 2.25. The van der Waals surface area contributed by atoms with Gasteiger partial charge in [-0.05, 0) is 42.5 Å². The average Bonchev–Trinajstić information content (AvgIpc) is 2.94. The molecule has 0 saturated carbocycles. The third kappa shape index (κ3) is 2.65. The van der Waals surface area contributed by atoms with Gasteiger partial charge < -0.3 is 14.5 Å². The van der Waals surface area contributed by atoms with Gasteiger partial charge in [0.15, 0.2) is 0 Å². The molecule has 0 aliphatic carbocycles. The second kappa shape index (κ2) is 5.59. The van der Waals surface area contributed by atoms with Gasteiger partial charge in [0.1, 0.15) is 18.1 Å². The highest BCUT2D eigenvalue weighted by atomic mass is 79.9. The van der Waals surface area contributed by atoms with Crippen molar-refractivity contribution >= 4 is 26.8 Å². The van der Waals surface area contributed by atoms with Crippen molar-refractivity contribution in [3.8, 4) is 11.5 Å². The largest absolute Gasteiger partial charge is 0.497 e. The molecule has 0 aliphatic heterocycles. The molecule has 0 aliphatic rings.